The van der Waals surface area contributed by atoms with Gasteiger partial charge in [-0.2, -0.15) is 18.4 Å². The maximum atomic E-state index is 14.1. The Hall–Kier alpha value is -3.53. The summed E-state index contributed by atoms with van der Waals surface area (Å²) in [4.78, 5) is 27.2. The molecule has 2 aromatic carbocycles. The molecule has 0 radical (unpaired) electrons. The zero-order valence-electron chi connectivity index (χ0n) is 23.4. The Morgan fingerprint density at radius 2 is 1.74 bits per heavy atom. The molecule has 43 heavy (non-hydrogen) atoms. The summed E-state index contributed by atoms with van der Waals surface area (Å²) in [5.41, 5.74) is -2.84. The number of carbonyl (C=O) groups is 2. The van der Waals surface area contributed by atoms with Crippen LogP contribution in [0.1, 0.15) is 51.0 Å². The van der Waals surface area contributed by atoms with Crippen LogP contribution in [0.5, 0.6) is 5.75 Å². The summed E-state index contributed by atoms with van der Waals surface area (Å²) in [5.74, 6) is -4.14. The third-order valence-electron chi connectivity index (χ3n) is 8.75. The maximum absolute atomic E-state index is 14.1. The molecule has 0 unspecified atom stereocenters. The number of halogens is 5. The Morgan fingerprint density at radius 1 is 1.09 bits per heavy atom. The summed E-state index contributed by atoms with van der Waals surface area (Å²) in [6.07, 6.45) is -5.53. The first-order valence-corrected chi connectivity index (χ1v) is 15.4. The van der Waals surface area contributed by atoms with Crippen LogP contribution >= 0.6 is 0 Å². The van der Waals surface area contributed by atoms with E-state index in [-0.39, 0.29) is 34.8 Å². The largest absolute Gasteiger partial charge is 0.493 e. The third kappa shape index (κ3) is 5.39. The number of alkyl halides is 3. The molecule has 230 valence electrons. The molecule has 2 aromatic rings. The third-order valence-corrected chi connectivity index (χ3v) is 11.0. The van der Waals surface area contributed by atoms with Crippen LogP contribution in [-0.2, 0) is 19.4 Å². The highest BCUT2D eigenvalue weighted by Gasteiger charge is 2.70. The Bertz CT molecular complexity index is 1640. The molecular formula is C30H29F5N2O5S. The number of likely N-dealkylation sites (tertiary alicyclic amines) is 1. The Morgan fingerprint density at radius 3 is 2.28 bits per heavy atom. The minimum atomic E-state index is -4.86. The van der Waals surface area contributed by atoms with Crippen LogP contribution in [0.4, 0.5) is 22.0 Å². The zero-order valence-corrected chi connectivity index (χ0v) is 24.2. The molecule has 0 bridgehead atoms. The molecule has 0 N–H and O–H groups in total. The lowest BCUT2D eigenvalue weighted by atomic mass is 9.95. The second kappa shape index (κ2) is 10.6. The summed E-state index contributed by atoms with van der Waals surface area (Å²) < 4.78 is 103. The fourth-order valence-electron chi connectivity index (χ4n) is 5.85. The summed E-state index contributed by atoms with van der Waals surface area (Å²) >= 11 is 0. The number of sulfone groups is 1. The van der Waals surface area contributed by atoms with Gasteiger partial charge in [-0.25, -0.2) is 17.2 Å². The van der Waals surface area contributed by atoms with Gasteiger partial charge in [0.05, 0.1) is 34.3 Å². The average molecular weight is 625 g/mol. The number of amides is 1. The van der Waals surface area contributed by atoms with Crippen LogP contribution in [0.2, 0.25) is 0 Å². The number of hydrogen-bond donors (Lipinski definition) is 0. The molecule has 1 amide bonds. The molecule has 1 heterocycles. The molecule has 7 nitrogen and oxygen atoms in total. The Labute approximate surface area is 245 Å². The monoisotopic (exact) mass is 624 g/mol. The number of benzene rings is 2. The lowest BCUT2D eigenvalue weighted by molar-refractivity contribution is -0.199. The summed E-state index contributed by atoms with van der Waals surface area (Å²) in [5, 5.41) is 8.06. The van der Waals surface area contributed by atoms with Gasteiger partial charge in [0, 0.05) is 24.6 Å². The quantitative estimate of drug-likeness (QED) is 0.332. The number of rotatable bonds is 9. The van der Waals surface area contributed by atoms with Crippen molar-refractivity contribution in [2.24, 2.45) is 10.8 Å². The lowest BCUT2D eigenvalue weighted by Crippen LogP contribution is -2.49. The van der Waals surface area contributed by atoms with Gasteiger partial charge in [-0.15, -0.1) is 0 Å². The van der Waals surface area contributed by atoms with Crippen molar-refractivity contribution in [2.75, 3.05) is 13.2 Å². The van der Waals surface area contributed by atoms with Crippen LogP contribution in [0.25, 0.3) is 11.1 Å². The first kappa shape index (κ1) is 30.9. The smallest absolute Gasteiger partial charge is 0.403 e. The van der Waals surface area contributed by atoms with E-state index < -0.39 is 87.3 Å². The normalized spacial score (nSPS) is 22.1. The van der Waals surface area contributed by atoms with Gasteiger partial charge in [-0.3, -0.25) is 9.59 Å². The number of hydrogen-bond acceptors (Lipinski definition) is 6. The van der Waals surface area contributed by atoms with E-state index in [2.05, 4.69) is 6.07 Å². The number of nitriles is 1. The number of carbonyl (C=O) groups excluding carboxylic acids is 2. The lowest BCUT2D eigenvalue weighted by Gasteiger charge is -2.29. The maximum Gasteiger partial charge on any atom is 0.403 e. The van der Waals surface area contributed by atoms with Gasteiger partial charge < -0.3 is 9.64 Å². The van der Waals surface area contributed by atoms with E-state index in [1.54, 1.807) is 6.92 Å². The first-order chi connectivity index (χ1) is 20.1. The molecule has 2 atom stereocenters. The SMILES string of the molecule is CCOc1cc(F)c(F)cc1-c1ccc(S(=O)(=O)[C@@H]2C[C@@H](C(=O)CC3(C#N)CC3)N(C(=O)C3(C(F)(F)F)CC3)C2)c(C)c1. The minimum Gasteiger partial charge on any atom is -0.493 e. The van der Waals surface area contributed by atoms with E-state index in [0.717, 1.165) is 17.0 Å². The second-order valence-electron chi connectivity index (χ2n) is 11.7. The van der Waals surface area contributed by atoms with Crippen LogP contribution in [0.15, 0.2) is 35.2 Å². The molecule has 3 fully saturated rings. The highest BCUT2D eigenvalue weighted by Crippen LogP contribution is 2.59. The van der Waals surface area contributed by atoms with Crippen molar-refractivity contribution in [1.82, 2.24) is 4.90 Å². The number of nitrogens with zero attached hydrogens (tertiary/aromatic N) is 2. The van der Waals surface area contributed by atoms with Gasteiger partial charge in [-0.05, 0) is 69.2 Å². The van der Waals surface area contributed by atoms with Crippen LogP contribution < -0.4 is 4.74 Å². The summed E-state index contributed by atoms with van der Waals surface area (Å²) in [6, 6.07) is 6.54. The van der Waals surface area contributed by atoms with Crippen molar-refractivity contribution in [3.63, 3.8) is 0 Å². The van der Waals surface area contributed by atoms with Crippen LogP contribution in [0, 0.1) is 40.7 Å². The molecule has 1 aliphatic heterocycles. The van der Waals surface area contributed by atoms with Crippen LogP contribution in [0.3, 0.4) is 0 Å². The van der Waals surface area contributed by atoms with Crippen molar-refractivity contribution < 1.29 is 44.7 Å². The molecule has 3 aliphatic rings. The van der Waals surface area contributed by atoms with E-state index in [1.807, 2.05) is 0 Å². The van der Waals surface area contributed by atoms with Gasteiger partial charge in [0.2, 0.25) is 5.91 Å². The second-order valence-corrected chi connectivity index (χ2v) is 13.9. The Balaban J connectivity index is 1.47. The van der Waals surface area contributed by atoms with E-state index in [0.29, 0.717) is 18.4 Å². The highest BCUT2D eigenvalue weighted by atomic mass is 32.2. The molecule has 0 spiro atoms. The number of ketones is 1. The van der Waals surface area contributed by atoms with Crippen molar-refractivity contribution >= 4 is 21.5 Å². The molecule has 1 saturated heterocycles. The van der Waals surface area contributed by atoms with Gasteiger partial charge >= 0.3 is 6.18 Å². The fourth-order valence-corrected chi connectivity index (χ4v) is 7.76. The van der Waals surface area contributed by atoms with Crippen molar-refractivity contribution in [3.8, 4) is 22.9 Å². The van der Waals surface area contributed by atoms with E-state index >= 15 is 0 Å². The standard InChI is InChI=1S/C30H29F5N2O5S/c1-3-42-25-13-22(32)21(31)12-20(25)18-4-5-26(17(2)10-18)43(40,41)19-11-23(24(38)14-28(16-36)6-7-28)37(15-19)27(39)29(8-9-29)30(33,34)35/h4-5,10,12-13,19,23H,3,6-9,11,14-15H2,1-2H3/t19-,23+/m1/s1. The number of Topliss-reactive ketones (excluding diaryl/α,β-unsaturated/α-hetero) is 1. The van der Waals surface area contributed by atoms with E-state index in [4.69, 9.17) is 4.74 Å². The molecular weight excluding hydrogens is 595 g/mol. The van der Waals surface area contributed by atoms with Gasteiger partial charge in [-0.1, -0.05) is 12.1 Å². The summed E-state index contributed by atoms with van der Waals surface area (Å²) in [7, 11) is -4.29. The highest BCUT2D eigenvalue weighted by molar-refractivity contribution is 7.92. The first-order valence-electron chi connectivity index (χ1n) is 13.9. The molecule has 13 heteroatoms. The molecule has 2 saturated carbocycles. The number of ether oxygens (including phenoxy) is 1. The predicted molar refractivity (Wildman–Crippen MR) is 143 cm³/mol. The average Bonchev–Trinajstić information content (AvgIpc) is 3.86. The van der Waals surface area contributed by atoms with Gasteiger partial charge in [0.15, 0.2) is 27.3 Å². The summed E-state index contributed by atoms with van der Waals surface area (Å²) in [6.45, 7) is 2.69. The van der Waals surface area contributed by atoms with Crippen LogP contribution in [-0.4, -0.2) is 55.6 Å². The zero-order chi connectivity index (χ0) is 31.5. The molecule has 2 aliphatic carbocycles. The molecule has 5 rings (SSSR count). The Kier molecular flexibility index (Phi) is 7.60. The minimum absolute atomic E-state index is 0.0483. The van der Waals surface area contributed by atoms with E-state index in [9.17, 15) is 45.2 Å². The van der Waals surface area contributed by atoms with Gasteiger partial charge in [0.1, 0.15) is 11.2 Å². The predicted octanol–water partition coefficient (Wildman–Crippen LogP) is 5.69. The molecule has 0 aromatic heterocycles. The van der Waals surface area contributed by atoms with Crippen molar-refractivity contribution in [2.45, 2.75) is 74.7 Å². The fraction of sp³-hybridized carbons (Fsp3) is 0.500. The van der Waals surface area contributed by atoms with Crippen molar-refractivity contribution in [1.29, 1.82) is 5.26 Å². The topological polar surface area (TPSA) is 105 Å². The van der Waals surface area contributed by atoms with Crippen molar-refractivity contribution in [3.05, 3.63) is 47.5 Å². The van der Waals surface area contributed by atoms with E-state index in [1.165, 1.54) is 25.1 Å². The number of aryl methyl sites for hydroxylation is 1. The van der Waals surface area contributed by atoms with Gasteiger partial charge in [0.25, 0.3) is 0 Å².